The van der Waals surface area contributed by atoms with E-state index in [1.165, 1.54) is 6.42 Å². The largest absolute Gasteiger partial charge is 0.459 e. The molecular weight excluding hydrogens is 204 g/mol. The Kier molecular flexibility index (Phi) is 3.33. The van der Waals surface area contributed by atoms with Crippen molar-refractivity contribution in [2.75, 3.05) is 6.54 Å². The van der Waals surface area contributed by atoms with Gasteiger partial charge in [0.15, 0.2) is 0 Å². The maximum absolute atomic E-state index is 5.75. The van der Waals surface area contributed by atoms with Crippen LogP contribution in [0.1, 0.15) is 30.7 Å². The summed E-state index contributed by atoms with van der Waals surface area (Å²) in [5.41, 5.74) is 7.41. The Morgan fingerprint density at radius 2 is 2.06 bits per heavy atom. The van der Waals surface area contributed by atoms with E-state index in [1.807, 2.05) is 13.8 Å². The summed E-state index contributed by atoms with van der Waals surface area (Å²) in [7, 11) is 0. The molecule has 2 atom stereocenters. The number of rotatable bonds is 3. The molecule has 1 heterocycles. The second-order valence-corrected chi connectivity index (χ2v) is 4.35. The van der Waals surface area contributed by atoms with E-state index < -0.39 is 0 Å². The lowest BCUT2D eigenvalue weighted by molar-refractivity contribution is 0.146. The molecule has 0 amide bonds. The molecule has 0 bridgehead atoms. The van der Waals surface area contributed by atoms with Crippen LogP contribution in [0.4, 0.5) is 0 Å². The first-order chi connectivity index (χ1) is 7.70. The lowest BCUT2D eigenvalue weighted by Crippen LogP contribution is -2.28. The van der Waals surface area contributed by atoms with E-state index in [0.717, 1.165) is 24.2 Å². The molecule has 2 unspecified atom stereocenters. The van der Waals surface area contributed by atoms with Gasteiger partial charge in [-0.1, -0.05) is 5.10 Å². The van der Waals surface area contributed by atoms with Gasteiger partial charge in [0.25, 0.3) is 0 Å². The quantitative estimate of drug-likeness (QED) is 0.825. The Morgan fingerprint density at radius 1 is 1.25 bits per heavy atom. The Hall–Kier alpha value is -1.23. The van der Waals surface area contributed by atoms with Crippen LogP contribution in [0.25, 0.3) is 0 Å². The van der Waals surface area contributed by atoms with Gasteiger partial charge in [-0.2, -0.15) is 4.98 Å². The first-order valence-electron chi connectivity index (χ1n) is 5.75. The van der Waals surface area contributed by atoms with Gasteiger partial charge in [0.2, 0.25) is 0 Å². The summed E-state index contributed by atoms with van der Waals surface area (Å²) in [5, 5.41) is 7.95. The molecule has 0 aromatic carbocycles. The van der Waals surface area contributed by atoms with Gasteiger partial charge in [0, 0.05) is 5.92 Å². The fourth-order valence-electron chi connectivity index (χ4n) is 2.05. The summed E-state index contributed by atoms with van der Waals surface area (Å²) < 4.78 is 5.75. The highest BCUT2D eigenvalue weighted by atomic mass is 16.5. The molecule has 5 heteroatoms. The maximum Gasteiger partial charge on any atom is 0.336 e. The second kappa shape index (κ2) is 4.74. The molecule has 0 radical (unpaired) electrons. The van der Waals surface area contributed by atoms with Crippen molar-refractivity contribution in [3.63, 3.8) is 0 Å². The van der Waals surface area contributed by atoms with Gasteiger partial charge in [-0.3, -0.25) is 0 Å². The minimum atomic E-state index is 0.161. The first kappa shape index (κ1) is 11.3. The van der Waals surface area contributed by atoms with Crippen LogP contribution in [0.5, 0.6) is 6.01 Å². The van der Waals surface area contributed by atoms with Crippen LogP contribution in [-0.4, -0.2) is 27.8 Å². The first-order valence-corrected chi connectivity index (χ1v) is 5.75. The van der Waals surface area contributed by atoms with Gasteiger partial charge < -0.3 is 10.5 Å². The van der Waals surface area contributed by atoms with Crippen molar-refractivity contribution in [3.8, 4) is 6.01 Å². The number of nitrogens with zero attached hydrogens (tertiary/aromatic N) is 3. The molecule has 2 N–H and O–H groups in total. The molecule has 0 saturated heterocycles. The highest BCUT2D eigenvalue weighted by Gasteiger charge is 2.28. The number of ether oxygens (including phenoxy) is 1. The minimum Gasteiger partial charge on any atom is -0.459 e. The van der Waals surface area contributed by atoms with Gasteiger partial charge in [-0.15, -0.1) is 5.10 Å². The zero-order chi connectivity index (χ0) is 11.5. The molecule has 1 fully saturated rings. The molecule has 1 aromatic heterocycles. The van der Waals surface area contributed by atoms with Crippen molar-refractivity contribution in [3.05, 3.63) is 11.4 Å². The smallest absolute Gasteiger partial charge is 0.336 e. The third-order valence-electron chi connectivity index (χ3n) is 3.22. The highest BCUT2D eigenvalue weighted by Crippen LogP contribution is 2.27. The van der Waals surface area contributed by atoms with Crippen molar-refractivity contribution in [1.29, 1.82) is 0 Å². The molecule has 88 valence electrons. The Bertz CT molecular complexity index is 369. The minimum absolute atomic E-state index is 0.161. The Morgan fingerprint density at radius 3 is 2.75 bits per heavy atom. The van der Waals surface area contributed by atoms with Gasteiger partial charge in [-0.25, -0.2) is 0 Å². The zero-order valence-electron chi connectivity index (χ0n) is 9.81. The molecule has 5 nitrogen and oxygen atoms in total. The highest BCUT2D eigenvalue weighted by molar-refractivity contribution is 5.08. The number of aryl methyl sites for hydroxylation is 2. The van der Waals surface area contributed by atoms with Crippen molar-refractivity contribution >= 4 is 0 Å². The van der Waals surface area contributed by atoms with Gasteiger partial charge >= 0.3 is 6.01 Å². The summed E-state index contributed by atoms with van der Waals surface area (Å²) >= 11 is 0. The molecule has 1 aliphatic carbocycles. The molecule has 1 aromatic rings. The zero-order valence-corrected chi connectivity index (χ0v) is 9.81. The fourth-order valence-corrected chi connectivity index (χ4v) is 2.05. The normalized spacial score (nSPS) is 24.7. The van der Waals surface area contributed by atoms with E-state index in [2.05, 4.69) is 15.2 Å². The van der Waals surface area contributed by atoms with Crippen LogP contribution in [0.15, 0.2) is 0 Å². The van der Waals surface area contributed by atoms with E-state index >= 15 is 0 Å². The number of hydrogen-bond donors (Lipinski definition) is 1. The molecule has 1 saturated carbocycles. The topological polar surface area (TPSA) is 73.9 Å². The average molecular weight is 222 g/mol. The molecular formula is C11H18N4O. The summed E-state index contributed by atoms with van der Waals surface area (Å²) in [4.78, 5) is 4.27. The monoisotopic (exact) mass is 222 g/mol. The summed E-state index contributed by atoms with van der Waals surface area (Å²) in [6.45, 7) is 4.46. The Labute approximate surface area is 95.4 Å². The van der Waals surface area contributed by atoms with Gasteiger partial charge in [-0.05, 0) is 39.7 Å². The van der Waals surface area contributed by atoms with Crippen LogP contribution in [0, 0.1) is 19.8 Å². The lowest BCUT2D eigenvalue weighted by atomic mass is 10.1. The summed E-state index contributed by atoms with van der Waals surface area (Å²) in [5.74, 6) is 0.435. The third kappa shape index (κ3) is 2.29. The lowest BCUT2D eigenvalue weighted by Gasteiger charge is -2.18. The predicted octanol–water partition coefficient (Wildman–Crippen LogP) is 0.995. The van der Waals surface area contributed by atoms with E-state index in [-0.39, 0.29) is 6.10 Å². The van der Waals surface area contributed by atoms with Crippen molar-refractivity contribution in [1.82, 2.24) is 15.2 Å². The average Bonchev–Trinajstić information content (AvgIpc) is 2.71. The third-order valence-corrected chi connectivity index (χ3v) is 3.22. The standard InChI is InChI=1S/C11H18N4O/c1-7-8(2)14-15-11(13-7)16-10-5-3-4-9(10)6-12/h9-10H,3-6,12H2,1-2H3. The molecule has 16 heavy (non-hydrogen) atoms. The predicted molar refractivity (Wildman–Crippen MR) is 60.1 cm³/mol. The van der Waals surface area contributed by atoms with Crippen LogP contribution < -0.4 is 10.5 Å². The van der Waals surface area contributed by atoms with Gasteiger partial charge in [0.05, 0.1) is 11.4 Å². The number of hydrogen-bond acceptors (Lipinski definition) is 5. The van der Waals surface area contributed by atoms with E-state index in [4.69, 9.17) is 10.5 Å². The van der Waals surface area contributed by atoms with Gasteiger partial charge in [0.1, 0.15) is 6.10 Å². The maximum atomic E-state index is 5.75. The van der Waals surface area contributed by atoms with Crippen molar-refractivity contribution in [2.45, 2.75) is 39.2 Å². The van der Waals surface area contributed by atoms with Crippen LogP contribution in [-0.2, 0) is 0 Å². The fraction of sp³-hybridized carbons (Fsp3) is 0.727. The Balaban J connectivity index is 2.05. The van der Waals surface area contributed by atoms with E-state index in [1.54, 1.807) is 0 Å². The summed E-state index contributed by atoms with van der Waals surface area (Å²) in [6.07, 6.45) is 3.51. The van der Waals surface area contributed by atoms with Crippen LogP contribution in [0.2, 0.25) is 0 Å². The van der Waals surface area contributed by atoms with Crippen molar-refractivity contribution in [2.24, 2.45) is 11.7 Å². The molecule has 0 spiro atoms. The van der Waals surface area contributed by atoms with Crippen molar-refractivity contribution < 1.29 is 4.74 Å². The van der Waals surface area contributed by atoms with Crippen LogP contribution in [0.3, 0.4) is 0 Å². The van der Waals surface area contributed by atoms with E-state index in [0.29, 0.717) is 18.5 Å². The number of aromatic nitrogens is 3. The van der Waals surface area contributed by atoms with E-state index in [9.17, 15) is 0 Å². The second-order valence-electron chi connectivity index (χ2n) is 4.35. The number of nitrogens with two attached hydrogens (primary N) is 1. The molecule has 0 aliphatic heterocycles. The summed E-state index contributed by atoms with van der Waals surface area (Å²) in [6, 6.07) is 0.383. The molecule has 1 aliphatic rings. The van der Waals surface area contributed by atoms with Crippen LogP contribution >= 0.6 is 0 Å². The molecule has 2 rings (SSSR count). The SMILES string of the molecule is Cc1nnc(OC2CCCC2CN)nc1C.